The molecule has 2 heterocycles. The third kappa shape index (κ3) is 4.10. The van der Waals surface area contributed by atoms with Crippen molar-refractivity contribution in [2.45, 2.75) is 13.1 Å². The maximum Gasteiger partial charge on any atom is 0.278 e. The first kappa shape index (κ1) is 20.6. The first-order chi connectivity index (χ1) is 16.0. The van der Waals surface area contributed by atoms with Gasteiger partial charge in [0.1, 0.15) is 23.9 Å². The summed E-state index contributed by atoms with van der Waals surface area (Å²) in [4.78, 5) is 25.5. The molecule has 8 heteroatoms. The van der Waals surface area contributed by atoms with Crippen LogP contribution >= 0.6 is 0 Å². The molecule has 6 nitrogen and oxygen atoms in total. The molecule has 2 aliphatic rings. The van der Waals surface area contributed by atoms with E-state index in [1.165, 1.54) is 30.3 Å². The first-order valence-electron chi connectivity index (χ1n) is 10.3. The molecule has 0 unspecified atom stereocenters. The molecule has 0 bridgehead atoms. The van der Waals surface area contributed by atoms with Crippen LogP contribution in [0.15, 0.2) is 83.8 Å². The summed E-state index contributed by atoms with van der Waals surface area (Å²) in [7, 11) is 0. The van der Waals surface area contributed by atoms with Gasteiger partial charge < -0.3 is 9.88 Å². The molecule has 5 rings (SSSR count). The lowest BCUT2D eigenvalue weighted by atomic mass is 10.1. The number of para-hydroxylation sites is 1. The van der Waals surface area contributed by atoms with E-state index >= 15 is 0 Å². The monoisotopic (exact) mass is 444 g/mol. The maximum absolute atomic E-state index is 13.7. The van der Waals surface area contributed by atoms with Crippen LogP contribution in [-0.2, 0) is 17.9 Å². The highest BCUT2D eigenvalue weighted by molar-refractivity contribution is 5.94. The van der Waals surface area contributed by atoms with Crippen molar-refractivity contribution in [3.63, 3.8) is 0 Å². The Morgan fingerprint density at radius 2 is 1.70 bits per heavy atom. The normalized spacial score (nSPS) is 11.2. The summed E-state index contributed by atoms with van der Waals surface area (Å²) >= 11 is 0. The van der Waals surface area contributed by atoms with E-state index in [4.69, 9.17) is 0 Å². The number of pyridine rings is 1. The number of rotatable bonds is 5. The fraction of sp³-hybridized carbons (Fsp3) is 0.0800. The van der Waals surface area contributed by atoms with Crippen LogP contribution in [0.1, 0.15) is 5.56 Å². The Balaban J connectivity index is 1.53. The Morgan fingerprint density at radius 3 is 2.48 bits per heavy atom. The number of hydrogen-bond acceptors (Lipinski definition) is 3. The number of carbonyl (C=O) groups is 1. The standard InChI is InChI=1S/C25H18F2N4O2/c26-17-6-3-5-16(11-17)13-30-14-21-24(20-9-1-2-10-22(20)30)29-31(25(21)33)15-23(32)28-19-8-4-7-18(27)12-19/h1-12,14H,13,15H2,(H,28,32). The minimum atomic E-state index is -0.498. The number of fused-ring (bicyclic) bond motifs is 3. The van der Waals surface area contributed by atoms with Crippen LogP contribution in [0, 0.1) is 11.6 Å². The van der Waals surface area contributed by atoms with Crippen molar-refractivity contribution in [2.24, 2.45) is 0 Å². The molecule has 3 aromatic carbocycles. The minimum absolute atomic E-state index is 0.294. The second-order valence-electron chi connectivity index (χ2n) is 7.69. The number of anilines is 1. The molecule has 2 aliphatic heterocycles. The molecule has 0 radical (unpaired) electrons. The largest absolute Gasteiger partial charge is 0.342 e. The zero-order valence-electron chi connectivity index (χ0n) is 17.3. The molecule has 3 aromatic rings. The van der Waals surface area contributed by atoms with Crippen LogP contribution in [0.5, 0.6) is 0 Å². The van der Waals surface area contributed by atoms with E-state index in [0.717, 1.165) is 21.1 Å². The van der Waals surface area contributed by atoms with Crippen molar-refractivity contribution in [3.05, 3.63) is 107 Å². The summed E-state index contributed by atoms with van der Waals surface area (Å²) in [5.41, 5.74) is 2.27. The maximum atomic E-state index is 13.7. The number of nitrogens with one attached hydrogen (secondary N) is 1. The summed E-state index contributed by atoms with van der Waals surface area (Å²) in [6, 6.07) is 19.2. The van der Waals surface area contributed by atoms with Crippen LogP contribution < -0.4 is 10.9 Å². The van der Waals surface area contributed by atoms with E-state index in [-0.39, 0.29) is 12.4 Å². The van der Waals surface area contributed by atoms with E-state index in [9.17, 15) is 18.4 Å². The topological polar surface area (TPSA) is 68.9 Å². The van der Waals surface area contributed by atoms with Crippen LogP contribution in [0.4, 0.5) is 14.5 Å². The molecule has 0 fully saturated rings. The molecule has 0 atom stereocenters. The Kier molecular flexibility index (Phi) is 5.18. The molecule has 164 valence electrons. The molecule has 0 aliphatic carbocycles. The Labute approximate surface area is 187 Å². The van der Waals surface area contributed by atoms with E-state index in [1.807, 2.05) is 34.9 Å². The predicted octanol–water partition coefficient (Wildman–Crippen LogP) is 4.27. The van der Waals surface area contributed by atoms with Crippen LogP contribution in [0.2, 0.25) is 0 Å². The van der Waals surface area contributed by atoms with Gasteiger partial charge in [0, 0.05) is 23.8 Å². The van der Waals surface area contributed by atoms with Gasteiger partial charge in [-0.1, -0.05) is 36.4 Å². The van der Waals surface area contributed by atoms with Gasteiger partial charge in [-0.2, -0.15) is 5.10 Å². The van der Waals surface area contributed by atoms with Crippen molar-refractivity contribution in [1.29, 1.82) is 0 Å². The summed E-state index contributed by atoms with van der Waals surface area (Å²) in [5.74, 6) is -1.31. The van der Waals surface area contributed by atoms with Gasteiger partial charge in [-0.25, -0.2) is 13.5 Å². The second kappa shape index (κ2) is 8.31. The Morgan fingerprint density at radius 1 is 0.939 bits per heavy atom. The third-order valence-corrected chi connectivity index (χ3v) is 5.34. The average Bonchev–Trinajstić information content (AvgIpc) is 3.09. The number of nitrogens with zero attached hydrogens (tertiary/aromatic N) is 3. The zero-order valence-corrected chi connectivity index (χ0v) is 17.3. The number of hydrogen-bond donors (Lipinski definition) is 1. The van der Waals surface area contributed by atoms with E-state index in [1.54, 1.807) is 18.3 Å². The van der Waals surface area contributed by atoms with Crippen LogP contribution in [0.3, 0.4) is 0 Å². The smallest absolute Gasteiger partial charge is 0.278 e. The van der Waals surface area contributed by atoms with Gasteiger partial charge in [0.25, 0.3) is 5.56 Å². The molecule has 0 saturated carbocycles. The first-order valence-corrected chi connectivity index (χ1v) is 10.3. The Hall–Kier alpha value is -4.33. The van der Waals surface area contributed by atoms with Gasteiger partial charge in [-0.15, -0.1) is 0 Å². The molecule has 1 N–H and O–H groups in total. The molecule has 0 spiro atoms. The number of benzene rings is 3. The highest BCUT2D eigenvalue weighted by atomic mass is 19.1. The molecule has 0 aromatic heterocycles. The highest BCUT2D eigenvalue weighted by Gasteiger charge is 2.21. The number of carbonyl (C=O) groups excluding carboxylic acids is 1. The van der Waals surface area contributed by atoms with Gasteiger partial charge >= 0.3 is 0 Å². The SMILES string of the molecule is O=C(Cn1nc2c3ccccc3n(Cc3cccc(F)c3)cc-2c1=O)Nc1cccc(F)c1. The predicted molar refractivity (Wildman–Crippen MR) is 121 cm³/mol. The van der Waals surface area contributed by atoms with Crippen molar-refractivity contribution < 1.29 is 13.6 Å². The molecule has 33 heavy (non-hydrogen) atoms. The van der Waals surface area contributed by atoms with Crippen molar-refractivity contribution in [1.82, 2.24) is 14.3 Å². The Bertz CT molecular complexity index is 1520. The van der Waals surface area contributed by atoms with E-state index in [0.29, 0.717) is 23.5 Å². The van der Waals surface area contributed by atoms with Crippen LogP contribution in [-0.4, -0.2) is 20.3 Å². The summed E-state index contributed by atoms with van der Waals surface area (Å²) < 4.78 is 30.0. The number of aromatic nitrogens is 3. The number of amides is 1. The zero-order chi connectivity index (χ0) is 22.9. The number of halogens is 2. The molecular weight excluding hydrogens is 426 g/mol. The van der Waals surface area contributed by atoms with Gasteiger partial charge in [0.15, 0.2) is 0 Å². The summed E-state index contributed by atoms with van der Waals surface area (Å²) in [6.45, 7) is 0.0428. The van der Waals surface area contributed by atoms with Crippen molar-refractivity contribution in [3.8, 4) is 11.3 Å². The summed E-state index contributed by atoms with van der Waals surface area (Å²) in [5, 5.41) is 7.71. The average molecular weight is 444 g/mol. The van der Waals surface area contributed by atoms with Crippen LogP contribution in [0.25, 0.3) is 22.2 Å². The fourth-order valence-electron chi connectivity index (χ4n) is 3.90. The van der Waals surface area contributed by atoms with Gasteiger partial charge in [-0.3, -0.25) is 9.59 Å². The van der Waals surface area contributed by atoms with Gasteiger partial charge in [-0.05, 0) is 42.0 Å². The molecular formula is C25H18F2N4O2. The minimum Gasteiger partial charge on any atom is -0.342 e. The lowest BCUT2D eigenvalue weighted by molar-refractivity contribution is -0.116. The third-order valence-electron chi connectivity index (χ3n) is 5.34. The van der Waals surface area contributed by atoms with Gasteiger partial charge in [0.2, 0.25) is 5.91 Å². The molecule has 1 amide bonds. The van der Waals surface area contributed by atoms with Gasteiger partial charge in [0.05, 0.1) is 11.1 Å². The quantitative estimate of drug-likeness (QED) is 0.440. The lowest BCUT2D eigenvalue weighted by Gasteiger charge is -2.14. The fourth-order valence-corrected chi connectivity index (χ4v) is 3.90. The second-order valence-corrected chi connectivity index (χ2v) is 7.69. The van der Waals surface area contributed by atoms with E-state index < -0.39 is 17.3 Å². The summed E-state index contributed by atoms with van der Waals surface area (Å²) in [6.07, 6.45) is 1.68. The van der Waals surface area contributed by atoms with Crippen molar-refractivity contribution >= 4 is 22.5 Å². The highest BCUT2D eigenvalue weighted by Crippen LogP contribution is 2.28. The van der Waals surface area contributed by atoms with E-state index in [2.05, 4.69) is 10.4 Å². The van der Waals surface area contributed by atoms with Crippen molar-refractivity contribution in [2.75, 3.05) is 5.32 Å². The molecule has 0 saturated heterocycles. The lowest BCUT2D eigenvalue weighted by Crippen LogP contribution is -2.26.